The lowest BCUT2D eigenvalue weighted by Crippen LogP contribution is -2.25. The van der Waals surface area contributed by atoms with E-state index >= 15 is 0 Å². The van der Waals surface area contributed by atoms with Crippen LogP contribution >= 0.6 is 27.7 Å². The number of aryl methyl sites for hydroxylation is 1. The number of aromatic nitrogens is 2. The third kappa shape index (κ3) is 1.40. The van der Waals surface area contributed by atoms with Crippen LogP contribution in [-0.4, -0.2) is 27.4 Å². The zero-order valence-corrected chi connectivity index (χ0v) is 11.0. The van der Waals surface area contributed by atoms with E-state index in [0.29, 0.717) is 6.10 Å². The number of halogens is 1. The molecule has 2 aliphatic rings. The van der Waals surface area contributed by atoms with Crippen molar-refractivity contribution in [3.63, 3.8) is 0 Å². The Hall–Kier alpha value is -0.0000000000000000763. The summed E-state index contributed by atoms with van der Waals surface area (Å²) in [6, 6.07) is 0. The summed E-state index contributed by atoms with van der Waals surface area (Å²) in [6.45, 7) is 3.02. The number of rotatable bonds is 2. The lowest BCUT2D eigenvalue weighted by molar-refractivity contribution is 0.304. The van der Waals surface area contributed by atoms with Gasteiger partial charge in [-0.15, -0.1) is 0 Å². The third-order valence-electron chi connectivity index (χ3n) is 3.15. The van der Waals surface area contributed by atoms with Gasteiger partial charge in [-0.1, -0.05) is 0 Å². The highest BCUT2D eigenvalue weighted by molar-refractivity contribution is 9.10. The van der Waals surface area contributed by atoms with Crippen molar-refractivity contribution >= 4 is 27.7 Å². The number of fused-ring (bicyclic) bond motifs is 1. The summed E-state index contributed by atoms with van der Waals surface area (Å²) < 4.78 is 9.07. The zero-order chi connectivity index (χ0) is 10.5. The van der Waals surface area contributed by atoms with Crippen molar-refractivity contribution in [2.45, 2.75) is 31.6 Å². The molecule has 15 heavy (non-hydrogen) atoms. The Morgan fingerprint density at radius 2 is 2.67 bits per heavy atom. The van der Waals surface area contributed by atoms with Gasteiger partial charge in [0, 0.05) is 12.3 Å². The zero-order valence-electron chi connectivity index (χ0n) is 8.57. The van der Waals surface area contributed by atoms with E-state index in [1.807, 2.05) is 18.0 Å². The van der Waals surface area contributed by atoms with E-state index in [0.717, 1.165) is 16.8 Å². The average molecular weight is 289 g/mol. The minimum atomic E-state index is -0.0335. The van der Waals surface area contributed by atoms with Gasteiger partial charge in [-0.25, -0.2) is 0 Å². The van der Waals surface area contributed by atoms with E-state index in [-0.39, 0.29) is 5.60 Å². The molecule has 3 rings (SSSR count). The topological polar surface area (TPSA) is 30.4 Å². The first kappa shape index (κ1) is 10.2. The fourth-order valence-corrected chi connectivity index (χ4v) is 4.20. The molecule has 1 aromatic heterocycles. The van der Waals surface area contributed by atoms with Crippen LogP contribution in [0.15, 0.2) is 10.7 Å². The van der Waals surface area contributed by atoms with Crippen LogP contribution in [0.2, 0.25) is 0 Å². The molecular formula is C10H13BrN2OS. The normalized spacial score (nSPS) is 33.9. The van der Waals surface area contributed by atoms with E-state index in [4.69, 9.17) is 4.74 Å². The molecule has 0 saturated carbocycles. The number of thioether (sulfide) groups is 1. The second kappa shape index (κ2) is 3.50. The molecule has 2 aliphatic heterocycles. The molecule has 0 bridgehead atoms. The molecule has 0 aliphatic carbocycles. The Labute approximate surface area is 102 Å². The van der Waals surface area contributed by atoms with Crippen LogP contribution in [0.25, 0.3) is 0 Å². The number of nitrogens with zero attached hydrogens (tertiary/aromatic N) is 2. The van der Waals surface area contributed by atoms with Gasteiger partial charge in [0.15, 0.2) is 0 Å². The standard InChI is InChI=1S/C10H13BrN2OS/c1-2-13-9(7(11)5-12-13)10-6-15-4-3-8(10)14-10/h5,8H,2-4,6H2,1H3/t8-,10+/m0/s1. The molecule has 3 nitrogen and oxygen atoms in total. The van der Waals surface area contributed by atoms with Gasteiger partial charge in [0.1, 0.15) is 5.60 Å². The molecule has 0 spiro atoms. The van der Waals surface area contributed by atoms with Crippen LogP contribution in [0.4, 0.5) is 0 Å². The van der Waals surface area contributed by atoms with Gasteiger partial charge in [0.2, 0.25) is 0 Å². The van der Waals surface area contributed by atoms with Crippen LogP contribution < -0.4 is 0 Å². The second-order valence-corrected chi connectivity index (χ2v) is 5.95. The Morgan fingerprint density at radius 3 is 3.40 bits per heavy atom. The van der Waals surface area contributed by atoms with Crippen molar-refractivity contribution in [3.8, 4) is 0 Å². The molecule has 2 atom stereocenters. The van der Waals surface area contributed by atoms with Gasteiger partial charge >= 0.3 is 0 Å². The highest BCUT2D eigenvalue weighted by Crippen LogP contribution is 2.54. The highest BCUT2D eigenvalue weighted by atomic mass is 79.9. The molecule has 2 saturated heterocycles. The van der Waals surface area contributed by atoms with Crippen LogP contribution in [0.1, 0.15) is 19.0 Å². The van der Waals surface area contributed by atoms with Gasteiger partial charge < -0.3 is 4.74 Å². The fourth-order valence-electron chi connectivity index (χ4n) is 2.35. The molecule has 1 aromatic rings. The number of epoxide rings is 1. The minimum absolute atomic E-state index is 0.0335. The molecule has 0 N–H and O–H groups in total. The largest absolute Gasteiger partial charge is 0.358 e. The monoisotopic (exact) mass is 288 g/mol. The summed E-state index contributed by atoms with van der Waals surface area (Å²) >= 11 is 5.57. The predicted molar refractivity (Wildman–Crippen MR) is 64.1 cm³/mol. The van der Waals surface area contributed by atoms with E-state index < -0.39 is 0 Å². The maximum atomic E-state index is 5.92. The SMILES string of the molecule is CCn1ncc(Br)c1[C@@]12CSCC[C@@H]1O2. The van der Waals surface area contributed by atoms with Crippen molar-refractivity contribution in [3.05, 3.63) is 16.4 Å². The summed E-state index contributed by atoms with van der Waals surface area (Å²) in [5.41, 5.74) is 1.20. The predicted octanol–water partition coefficient (Wildman–Crippen LogP) is 2.40. The van der Waals surface area contributed by atoms with Crippen molar-refractivity contribution in [1.29, 1.82) is 0 Å². The molecular weight excluding hydrogens is 276 g/mol. The summed E-state index contributed by atoms with van der Waals surface area (Å²) in [5, 5.41) is 4.36. The van der Waals surface area contributed by atoms with Gasteiger partial charge in [-0.3, -0.25) is 4.68 Å². The Morgan fingerprint density at radius 1 is 1.80 bits per heavy atom. The van der Waals surface area contributed by atoms with Crippen LogP contribution in [0.3, 0.4) is 0 Å². The van der Waals surface area contributed by atoms with E-state index in [1.54, 1.807) is 0 Å². The van der Waals surface area contributed by atoms with Crippen LogP contribution in [0.5, 0.6) is 0 Å². The van der Waals surface area contributed by atoms with Crippen molar-refractivity contribution in [1.82, 2.24) is 9.78 Å². The molecule has 0 amide bonds. The summed E-state index contributed by atoms with van der Waals surface area (Å²) in [5.74, 6) is 2.30. The third-order valence-corrected chi connectivity index (χ3v) is 4.89. The minimum Gasteiger partial charge on any atom is -0.358 e. The molecule has 82 valence electrons. The first-order chi connectivity index (χ1) is 7.28. The fraction of sp³-hybridized carbons (Fsp3) is 0.700. The Balaban J connectivity index is 2.01. The maximum Gasteiger partial charge on any atom is 0.146 e. The van der Waals surface area contributed by atoms with E-state index in [2.05, 4.69) is 32.6 Å². The van der Waals surface area contributed by atoms with E-state index in [1.165, 1.54) is 17.9 Å². The average Bonchev–Trinajstić information content (AvgIpc) is 2.87. The molecule has 5 heteroatoms. The highest BCUT2D eigenvalue weighted by Gasteiger charge is 2.61. The summed E-state index contributed by atoms with van der Waals surface area (Å²) in [6.07, 6.45) is 3.48. The molecule has 0 aromatic carbocycles. The molecule has 3 heterocycles. The van der Waals surface area contributed by atoms with Crippen LogP contribution in [-0.2, 0) is 16.9 Å². The molecule has 2 fully saturated rings. The lowest BCUT2D eigenvalue weighted by Gasteiger charge is -2.18. The Kier molecular flexibility index (Phi) is 2.37. The quantitative estimate of drug-likeness (QED) is 0.783. The van der Waals surface area contributed by atoms with Gasteiger partial charge in [0.05, 0.1) is 22.5 Å². The maximum absolute atomic E-state index is 5.92. The summed E-state index contributed by atoms with van der Waals surface area (Å²) in [4.78, 5) is 0. The van der Waals surface area contributed by atoms with Crippen molar-refractivity contribution in [2.24, 2.45) is 0 Å². The smallest absolute Gasteiger partial charge is 0.146 e. The first-order valence-corrected chi connectivity index (χ1v) is 7.20. The van der Waals surface area contributed by atoms with Crippen LogP contribution in [0, 0.1) is 0 Å². The van der Waals surface area contributed by atoms with Crippen molar-refractivity contribution in [2.75, 3.05) is 11.5 Å². The molecule has 0 radical (unpaired) electrons. The van der Waals surface area contributed by atoms with Gasteiger partial charge in [-0.05, 0) is 35.0 Å². The lowest BCUT2D eigenvalue weighted by atomic mass is 10.0. The molecule has 0 unspecified atom stereocenters. The van der Waals surface area contributed by atoms with Gasteiger partial charge in [0.25, 0.3) is 0 Å². The number of hydrogen-bond donors (Lipinski definition) is 0. The first-order valence-electron chi connectivity index (χ1n) is 5.25. The van der Waals surface area contributed by atoms with Crippen molar-refractivity contribution < 1.29 is 4.74 Å². The number of ether oxygens (including phenoxy) is 1. The number of hydrogen-bond acceptors (Lipinski definition) is 3. The van der Waals surface area contributed by atoms with E-state index in [9.17, 15) is 0 Å². The Bertz CT molecular complexity index is 395. The summed E-state index contributed by atoms with van der Waals surface area (Å²) in [7, 11) is 0. The van der Waals surface area contributed by atoms with Gasteiger partial charge in [-0.2, -0.15) is 16.9 Å². The second-order valence-electron chi connectivity index (χ2n) is 3.99.